The molecule has 1 atom stereocenters. The summed E-state index contributed by atoms with van der Waals surface area (Å²) in [5, 5.41) is 3.56. The Morgan fingerprint density at radius 1 is 1.22 bits per heavy atom. The van der Waals surface area contributed by atoms with E-state index in [0.717, 1.165) is 25.7 Å². The molecule has 1 unspecified atom stereocenters. The molecule has 1 saturated carbocycles. The molecule has 3 rings (SSSR count). The third-order valence-corrected chi connectivity index (χ3v) is 4.12. The molecule has 0 spiro atoms. The van der Waals surface area contributed by atoms with E-state index in [-0.39, 0.29) is 5.54 Å². The lowest BCUT2D eigenvalue weighted by atomic mass is 9.92. The lowest BCUT2D eigenvalue weighted by molar-refractivity contribution is 0.285. The first-order valence-electron chi connectivity index (χ1n) is 6.53. The van der Waals surface area contributed by atoms with Gasteiger partial charge in [-0.3, -0.25) is 0 Å². The largest absolute Gasteiger partial charge is 0.368 e. The van der Waals surface area contributed by atoms with Gasteiger partial charge in [-0.1, -0.05) is 0 Å². The summed E-state index contributed by atoms with van der Waals surface area (Å²) in [7, 11) is 0. The molecular weight excluding hydrogens is 234 g/mol. The van der Waals surface area contributed by atoms with E-state index in [4.69, 9.17) is 0 Å². The zero-order valence-corrected chi connectivity index (χ0v) is 10.5. The first-order chi connectivity index (χ1) is 8.57. The summed E-state index contributed by atoms with van der Waals surface area (Å²) in [6.07, 6.45) is 2.52. The maximum atomic E-state index is 13.3. The zero-order chi connectivity index (χ0) is 12.8. The molecule has 1 aliphatic carbocycles. The average Bonchev–Trinajstić information content (AvgIpc) is 3.11. The Labute approximate surface area is 106 Å². The highest BCUT2D eigenvalue weighted by atomic mass is 19.1. The molecule has 1 aliphatic heterocycles. The van der Waals surface area contributed by atoms with Crippen LogP contribution in [0.2, 0.25) is 0 Å². The minimum Gasteiger partial charge on any atom is -0.368 e. The predicted molar refractivity (Wildman–Crippen MR) is 67.7 cm³/mol. The second kappa shape index (κ2) is 4.19. The van der Waals surface area contributed by atoms with Crippen LogP contribution in [0.5, 0.6) is 0 Å². The van der Waals surface area contributed by atoms with Crippen molar-refractivity contribution < 1.29 is 8.78 Å². The van der Waals surface area contributed by atoms with Crippen molar-refractivity contribution in [3.8, 4) is 0 Å². The second-order valence-electron chi connectivity index (χ2n) is 5.67. The van der Waals surface area contributed by atoms with Gasteiger partial charge >= 0.3 is 0 Å². The van der Waals surface area contributed by atoms with Crippen LogP contribution in [-0.4, -0.2) is 25.2 Å². The maximum absolute atomic E-state index is 13.3. The van der Waals surface area contributed by atoms with Crippen molar-refractivity contribution in [2.24, 2.45) is 5.92 Å². The summed E-state index contributed by atoms with van der Waals surface area (Å²) in [4.78, 5) is 2.08. The van der Waals surface area contributed by atoms with Crippen LogP contribution in [0.25, 0.3) is 0 Å². The van der Waals surface area contributed by atoms with Crippen molar-refractivity contribution >= 4 is 5.69 Å². The number of rotatable bonds is 2. The van der Waals surface area contributed by atoms with Gasteiger partial charge in [-0.25, -0.2) is 8.78 Å². The molecule has 0 aromatic heterocycles. The zero-order valence-electron chi connectivity index (χ0n) is 10.5. The van der Waals surface area contributed by atoms with Gasteiger partial charge in [-0.05, 0) is 37.8 Å². The highest BCUT2D eigenvalue weighted by Crippen LogP contribution is 2.41. The van der Waals surface area contributed by atoms with E-state index in [9.17, 15) is 8.78 Å². The third kappa shape index (κ3) is 2.21. The quantitative estimate of drug-likeness (QED) is 0.870. The SMILES string of the molecule is CC1(C2CC2)CN(c2cc(F)cc(F)c2)CCN1. The van der Waals surface area contributed by atoms with Crippen LogP contribution in [0, 0.1) is 17.6 Å². The van der Waals surface area contributed by atoms with Crippen LogP contribution in [0.15, 0.2) is 18.2 Å². The molecule has 1 aromatic carbocycles. The van der Waals surface area contributed by atoms with Crippen LogP contribution in [-0.2, 0) is 0 Å². The Morgan fingerprint density at radius 2 is 1.89 bits per heavy atom. The van der Waals surface area contributed by atoms with Crippen LogP contribution in [0.3, 0.4) is 0 Å². The molecule has 18 heavy (non-hydrogen) atoms. The smallest absolute Gasteiger partial charge is 0.128 e. The van der Waals surface area contributed by atoms with Crippen molar-refractivity contribution in [1.82, 2.24) is 5.32 Å². The molecule has 2 fully saturated rings. The maximum Gasteiger partial charge on any atom is 0.128 e. The molecular formula is C14H18F2N2. The van der Waals surface area contributed by atoms with Crippen molar-refractivity contribution in [2.45, 2.75) is 25.3 Å². The lowest BCUT2D eigenvalue weighted by Gasteiger charge is -2.43. The van der Waals surface area contributed by atoms with Crippen LogP contribution >= 0.6 is 0 Å². The molecule has 2 nitrogen and oxygen atoms in total. The lowest BCUT2D eigenvalue weighted by Crippen LogP contribution is -2.60. The number of nitrogens with one attached hydrogen (secondary N) is 1. The van der Waals surface area contributed by atoms with Gasteiger partial charge in [0.25, 0.3) is 0 Å². The molecule has 0 amide bonds. The van der Waals surface area contributed by atoms with Gasteiger partial charge in [-0.15, -0.1) is 0 Å². The number of benzene rings is 1. The summed E-state index contributed by atoms with van der Waals surface area (Å²) in [5.74, 6) is -0.299. The van der Waals surface area contributed by atoms with E-state index in [0.29, 0.717) is 11.6 Å². The molecule has 98 valence electrons. The molecule has 0 bridgehead atoms. The number of hydrogen-bond acceptors (Lipinski definition) is 2. The summed E-state index contributed by atoms with van der Waals surface area (Å²) < 4.78 is 26.5. The van der Waals surface area contributed by atoms with Gasteiger partial charge in [0.2, 0.25) is 0 Å². The van der Waals surface area contributed by atoms with Crippen molar-refractivity contribution in [3.63, 3.8) is 0 Å². The molecule has 1 heterocycles. The van der Waals surface area contributed by atoms with E-state index in [1.165, 1.54) is 25.0 Å². The number of halogens is 2. The standard InChI is InChI=1S/C14H18F2N2/c1-14(10-2-3-10)9-18(5-4-17-14)13-7-11(15)6-12(16)8-13/h6-8,10,17H,2-5,9H2,1H3. The first kappa shape index (κ1) is 11.9. The molecule has 1 aromatic rings. The highest BCUT2D eigenvalue weighted by molar-refractivity contribution is 5.48. The Hall–Kier alpha value is -1.16. The Kier molecular flexibility index (Phi) is 2.77. The van der Waals surface area contributed by atoms with E-state index < -0.39 is 11.6 Å². The van der Waals surface area contributed by atoms with E-state index in [1.807, 2.05) is 0 Å². The fourth-order valence-electron chi connectivity index (χ4n) is 2.94. The summed E-state index contributed by atoms with van der Waals surface area (Å²) in [6.45, 7) is 4.70. The fraction of sp³-hybridized carbons (Fsp3) is 0.571. The van der Waals surface area contributed by atoms with Gasteiger partial charge < -0.3 is 10.2 Å². The minimum absolute atomic E-state index is 0.0844. The molecule has 1 saturated heterocycles. The van der Waals surface area contributed by atoms with Crippen molar-refractivity contribution in [1.29, 1.82) is 0 Å². The summed E-state index contributed by atoms with van der Waals surface area (Å²) >= 11 is 0. The van der Waals surface area contributed by atoms with Crippen LogP contribution in [0.1, 0.15) is 19.8 Å². The molecule has 0 radical (unpaired) electrons. The number of nitrogens with zero attached hydrogens (tertiary/aromatic N) is 1. The molecule has 1 N–H and O–H groups in total. The Morgan fingerprint density at radius 3 is 2.50 bits per heavy atom. The van der Waals surface area contributed by atoms with E-state index in [2.05, 4.69) is 17.1 Å². The second-order valence-corrected chi connectivity index (χ2v) is 5.67. The van der Waals surface area contributed by atoms with Crippen molar-refractivity contribution in [2.75, 3.05) is 24.5 Å². The monoisotopic (exact) mass is 252 g/mol. The number of hydrogen-bond donors (Lipinski definition) is 1. The normalized spacial score (nSPS) is 28.5. The molecule has 2 aliphatic rings. The Balaban J connectivity index is 1.83. The van der Waals surface area contributed by atoms with Gasteiger partial charge in [0.05, 0.1) is 0 Å². The third-order valence-electron chi connectivity index (χ3n) is 4.12. The van der Waals surface area contributed by atoms with Gasteiger partial charge in [0.15, 0.2) is 0 Å². The predicted octanol–water partition coefficient (Wildman–Crippen LogP) is 2.54. The topological polar surface area (TPSA) is 15.3 Å². The fourth-order valence-corrected chi connectivity index (χ4v) is 2.94. The van der Waals surface area contributed by atoms with E-state index in [1.54, 1.807) is 0 Å². The van der Waals surface area contributed by atoms with Gasteiger partial charge in [0, 0.05) is 36.9 Å². The van der Waals surface area contributed by atoms with Gasteiger partial charge in [0.1, 0.15) is 11.6 Å². The number of anilines is 1. The molecule has 4 heteroatoms. The highest BCUT2D eigenvalue weighted by Gasteiger charge is 2.43. The van der Waals surface area contributed by atoms with Crippen molar-refractivity contribution in [3.05, 3.63) is 29.8 Å². The first-order valence-corrected chi connectivity index (χ1v) is 6.53. The summed E-state index contributed by atoms with van der Waals surface area (Å²) in [5.41, 5.74) is 0.738. The van der Waals surface area contributed by atoms with Gasteiger partial charge in [-0.2, -0.15) is 0 Å². The number of piperazine rings is 1. The van der Waals surface area contributed by atoms with Crippen LogP contribution < -0.4 is 10.2 Å². The van der Waals surface area contributed by atoms with Crippen LogP contribution in [0.4, 0.5) is 14.5 Å². The van der Waals surface area contributed by atoms with E-state index >= 15 is 0 Å². The Bertz CT molecular complexity index is 439. The minimum atomic E-state index is -0.503. The average molecular weight is 252 g/mol. The summed E-state index contributed by atoms with van der Waals surface area (Å²) in [6, 6.07) is 3.76.